The lowest BCUT2D eigenvalue weighted by Gasteiger charge is -2.31. The third-order valence-corrected chi connectivity index (χ3v) is 4.35. The molecule has 1 aromatic rings. The van der Waals surface area contributed by atoms with Crippen LogP contribution in [0.2, 0.25) is 0 Å². The Morgan fingerprint density at radius 1 is 1.41 bits per heavy atom. The van der Waals surface area contributed by atoms with Gasteiger partial charge in [0.2, 0.25) is 5.92 Å². The summed E-state index contributed by atoms with van der Waals surface area (Å²) < 4.78 is 25.9. The molecule has 1 saturated carbocycles. The lowest BCUT2D eigenvalue weighted by molar-refractivity contribution is -0.0629. The average Bonchev–Trinajstić information content (AvgIpc) is 2.78. The molecule has 1 nitrogen and oxygen atoms in total. The first-order valence-corrected chi connectivity index (χ1v) is 7.08. The Hall–Kier alpha value is -0.480. The van der Waals surface area contributed by atoms with Gasteiger partial charge in [-0.05, 0) is 54.0 Å². The lowest BCUT2D eigenvalue weighted by Crippen LogP contribution is -2.31. The summed E-state index contributed by atoms with van der Waals surface area (Å²) in [6.45, 7) is 0. The topological polar surface area (TPSA) is 20.2 Å². The van der Waals surface area contributed by atoms with Gasteiger partial charge in [-0.25, -0.2) is 8.78 Å². The van der Waals surface area contributed by atoms with E-state index in [4.69, 9.17) is 0 Å². The first-order valence-electron chi connectivity index (χ1n) is 6.14. The van der Waals surface area contributed by atoms with Gasteiger partial charge in [-0.3, -0.25) is 0 Å². The number of thiophene rings is 1. The molecule has 0 aliphatic heterocycles. The van der Waals surface area contributed by atoms with Gasteiger partial charge in [-0.1, -0.05) is 0 Å². The van der Waals surface area contributed by atoms with Crippen molar-refractivity contribution in [1.29, 1.82) is 0 Å². The summed E-state index contributed by atoms with van der Waals surface area (Å²) in [6, 6.07) is 2.05. The van der Waals surface area contributed by atoms with Crippen molar-refractivity contribution in [2.24, 2.45) is 5.92 Å². The summed E-state index contributed by atoms with van der Waals surface area (Å²) in [5.74, 6) is -2.43. The zero-order valence-corrected chi connectivity index (χ0v) is 10.6. The number of alkyl halides is 2. The fraction of sp³-hybridized carbons (Fsp3) is 0.692. The largest absolute Gasteiger partial charge is 0.393 e. The zero-order valence-electron chi connectivity index (χ0n) is 9.74. The second-order valence-corrected chi connectivity index (χ2v) is 5.71. The number of hydrogen-bond acceptors (Lipinski definition) is 2. The van der Waals surface area contributed by atoms with Gasteiger partial charge in [0.15, 0.2) is 0 Å². The predicted molar refractivity (Wildman–Crippen MR) is 65.6 cm³/mol. The van der Waals surface area contributed by atoms with Crippen molar-refractivity contribution < 1.29 is 13.9 Å². The summed E-state index contributed by atoms with van der Waals surface area (Å²) in [7, 11) is 0. The maximum atomic E-state index is 13.0. The molecule has 0 saturated heterocycles. The molecule has 0 bridgehead atoms. The highest BCUT2D eigenvalue weighted by Crippen LogP contribution is 2.38. The van der Waals surface area contributed by atoms with E-state index >= 15 is 0 Å². The molecular weight excluding hydrogens is 242 g/mol. The second-order valence-electron chi connectivity index (χ2n) is 4.93. The fourth-order valence-corrected chi connectivity index (χ4v) is 3.14. The Balaban J connectivity index is 1.75. The maximum absolute atomic E-state index is 13.0. The van der Waals surface area contributed by atoms with Crippen LogP contribution in [0.25, 0.3) is 0 Å². The van der Waals surface area contributed by atoms with E-state index in [0.29, 0.717) is 19.3 Å². The number of aryl methyl sites for hydroxylation is 1. The van der Waals surface area contributed by atoms with Crippen LogP contribution in [-0.2, 0) is 6.42 Å². The van der Waals surface area contributed by atoms with Gasteiger partial charge in [0, 0.05) is 12.8 Å². The number of rotatable bonds is 4. The molecule has 1 N–H and O–H groups in total. The van der Waals surface area contributed by atoms with Crippen LogP contribution in [0.5, 0.6) is 0 Å². The van der Waals surface area contributed by atoms with Gasteiger partial charge < -0.3 is 5.11 Å². The average molecular weight is 260 g/mol. The minimum Gasteiger partial charge on any atom is -0.393 e. The third-order valence-electron chi connectivity index (χ3n) is 3.61. The van der Waals surface area contributed by atoms with E-state index in [-0.39, 0.29) is 18.8 Å². The van der Waals surface area contributed by atoms with Gasteiger partial charge in [0.25, 0.3) is 0 Å². The van der Waals surface area contributed by atoms with Crippen LogP contribution in [0, 0.1) is 5.92 Å². The quantitative estimate of drug-likeness (QED) is 0.871. The van der Waals surface area contributed by atoms with Crippen LogP contribution in [0.3, 0.4) is 0 Å². The van der Waals surface area contributed by atoms with Gasteiger partial charge in [-0.15, -0.1) is 0 Å². The summed E-state index contributed by atoms with van der Waals surface area (Å²) in [4.78, 5) is 0. The number of hydrogen-bond donors (Lipinski definition) is 1. The maximum Gasteiger partial charge on any atom is 0.248 e. The monoisotopic (exact) mass is 260 g/mol. The molecule has 1 aliphatic carbocycles. The van der Waals surface area contributed by atoms with Gasteiger partial charge >= 0.3 is 0 Å². The SMILES string of the molecule is OC(CCc1ccsc1)C1CCC(F)(F)CC1. The zero-order chi connectivity index (χ0) is 12.3. The van der Waals surface area contributed by atoms with Crippen LogP contribution in [-0.4, -0.2) is 17.1 Å². The Labute approximate surface area is 104 Å². The molecule has 1 heterocycles. The molecule has 1 aromatic heterocycles. The highest BCUT2D eigenvalue weighted by atomic mass is 32.1. The lowest BCUT2D eigenvalue weighted by atomic mass is 9.82. The van der Waals surface area contributed by atoms with E-state index in [1.807, 2.05) is 11.4 Å². The van der Waals surface area contributed by atoms with Crippen LogP contribution in [0.15, 0.2) is 16.8 Å². The van der Waals surface area contributed by atoms with E-state index in [0.717, 1.165) is 6.42 Å². The summed E-state index contributed by atoms with van der Waals surface area (Å²) >= 11 is 1.65. The number of aliphatic hydroxyl groups is 1. The van der Waals surface area contributed by atoms with Crippen molar-refractivity contribution in [2.45, 2.75) is 50.6 Å². The highest BCUT2D eigenvalue weighted by molar-refractivity contribution is 7.07. The molecular formula is C13H18F2OS. The van der Waals surface area contributed by atoms with E-state index in [1.165, 1.54) is 5.56 Å². The minimum absolute atomic E-state index is 0.0623. The molecule has 2 rings (SSSR count). The van der Waals surface area contributed by atoms with Crippen molar-refractivity contribution in [3.63, 3.8) is 0 Å². The smallest absolute Gasteiger partial charge is 0.248 e. The normalized spacial score (nSPS) is 22.5. The van der Waals surface area contributed by atoms with Crippen molar-refractivity contribution in [1.82, 2.24) is 0 Å². The second kappa shape index (κ2) is 5.44. The molecule has 1 fully saturated rings. The van der Waals surface area contributed by atoms with Crippen LogP contribution in [0.4, 0.5) is 8.78 Å². The summed E-state index contributed by atoms with van der Waals surface area (Å²) in [6.07, 6.45) is 1.89. The van der Waals surface area contributed by atoms with Gasteiger partial charge in [-0.2, -0.15) is 11.3 Å². The van der Waals surface area contributed by atoms with Crippen molar-refractivity contribution in [3.05, 3.63) is 22.4 Å². The standard InChI is InChI=1S/C13H18F2OS/c14-13(15)6-3-11(4-7-13)12(16)2-1-10-5-8-17-9-10/h5,8-9,11-12,16H,1-4,6-7H2. The Morgan fingerprint density at radius 2 is 2.12 bits per heavy atom. The summed E-state index contributed by atoms with van der Waals surface area (Å²) in [5.41, 5.74) is 1.23. The van der Waals surface area contributed by atoms with Crippen molar-refractivity contribution in [2.75, 3.05) is 0 Å². The van der Waals surface area contributed by atoms with E-state index < -0.39 is 12.0 Å². The molecule has 17 heavy (non-hydrogen) atoms. The predicted octanol–water partition coefficient (Wildman–Crippen LogP) is 3.87. The molecule has 0 amide bonds. The number of aliphatic hydroxyl groups excluding tert-OH is 1. The van der Waals surface area contributed by atoms with E-state index in [9.17, 15) is 13.9 Å². The first-order chi connectivity index (χ1) is 8.07. The Bertz CT molecular complexity index is 327. The molecule has 1 aliphatic rings. The Morgan fingerprint density at radius 3 is 2.71 bits per heavy atom. The first kappa shape index (κ1) is 13.0. The number of halogens is 2. The minimum atomic E-state index is -2.50. The molecule has 96 valence electrons. The molecule has 1 unspecified atom stereocenters. The molecule has 0 aromatic carbocycles. The molecule has 0 spiro atoms. The fourth-order valence-electron chi connectivity index (χ4n) is 2.43. The van der Waals surface area contributed by atoms with Crippen LogP contribution >= 0.6 is 11.3 Å². The molecule has 0 radical (unpaired) electrons. The van der Waals surface area contributed by atoms with E-state index in [2.05, 4.69) is 5.38 Å². The van der Waals surface area contributed by atoms with Crippen molar-refractivity contribution in [3.8, 4) is 0 Å². The van der Waals surface area contributed by atoms with Crippen LogP contribution in [0.1, 0.15) is 37.7 Å². The molecule has 4 heteroatoms. The highest BCUT2D eigenvalue weighted by Gasteiger charge is 2.36. The molecule has 1 atom stereocenters. The van der Waals surface area contributed by atoms with E-state index in [1.54, 1.807) is 11.3 Å². The summed E-state index contributed by atoms with van der Waals surface area (Å²) in [5, 5.41) is 14.1. The van der Waals surface area contributed by atoms with Crippen molar-refractivity contribution >= 4 is 11.3 Å². The van der Waals surface area contributed by atoms with Crippen LogP contribution < -0.4 is 0 Å². The van der Waals surface area contributed by atoms with Gasteiger partial charge in [0.05, 0.1) is 6.10 Å². The third kappa shape index (κ3) is 3.75. The Kier molecular flexibility index (Phi) is 4.15. The van der Waals surface area contributed by atoms with Gasteiger partial charge in [0.1, 0.15) is 0 Å².